The third-order valence-corrected chi connectivity index (χ3v) is 7.25. The van der Waals surface area contributed by atoms with Crippen molar-refractivity contribution < 1.29 is 14.3 Å². The number of pyridine rings is 1. The van der Waals surface area contributed by atoms with E-state index >= 15 is 0 Å². The molecule has 1 unspecified atom stereocenters. The van der Waals surface area contributed by atoms with Crippen molar-refractivity contribution in [3.8, 4) is 5.75 Å². The van der Waals surface area contributed by atoms with Crippen LogP contribution in [0.1, 0.15) is 46.2 Å². The number of hydrogen-bond acceptors (Lipinski definition) is 7. The molecule has 4 rings (SSSR count). The van der Waals surface area contributed by atoms with Gasteiger partial charge in [0.1, 0.15) is 16.7 Å². The monoisotopic (exact) mass is 549 g/mol. The summed E-state index contributed by atoms with van der Waals surface area (Å²) in [5.41, 5.74) is 8.76. The van der Waals surface area contributed by atoms with E-state index in [9.17, 15) is 9.59 Å². The zero-order chi connectivity index (χ0) is 26.9. The molecule has 0 saturated carbocycles. The Kier molecular flexibility index (Phi) is 9.40. The molecule has 8 nitrogen and oxygen atoms in total. The Morgan fingerprint density at radius 3 is 2.53 bits per heavy atom. The van der Waals surface area contributed by atoms with E-state index in [2.05, 4.69) is 20.5 Å². The molecule has 0 aliphatic rings. The highest BCUT2D eigenvalue weighted by molar-refractivity contribution is 7.15. The van der Waals surface area contributed by atoms with Crippen molar-refractivity contribution >= 4 is 39.9 Å². The van der Waals surface area contributed by atoms with Gasteiger partial charge in [-0.1, -0.05) is 65.4 Å². The molecule has 10 heteroatoms. The lowest BCUT2D eigenvalue weighted by atomic mass is 9.94. The quantitative estimate of drug-likeness (QED) is 0.241. The number of aromatic nitrogens is 3. The van der Waals surface area contributed by atoms with Crippen LogP contribution in [-0.4, -0.2) is 34.1 Å². The van der Waals surface area contributed by atoms with Gasteiger partial charge in [0.05, 0.1) is 19.2 Å². The molecule has 0 aliphatic heterocycles. The number of aryl methyl sites for hydroxylation is 2. The molecule has 0 bridgehead atoms. The summed E-state index contributed by atoms with van der Waals surface area (Å²) >= 11 is 7.66. The number of primary amides is 1. The van der Waals surface area contributed by atoms with Gasteiger partial charge >= 0.3 is 0 Å². The van der Waals surface area contributed by atoms with Crippen LogP contribution in [-0.2, 0) is 28.9 Å². The number of nitrogens with two attached hydrogens (primary N) is 1. The van der Waals surface area contributed by atoms with Crippen LogP contribution >= 0.6 is 22.9 Å². The predicted molar refractivity (Wildman–Crippen MR) is 149 cm³/mol. The van der Waals surface area contributed by atoms with Gasteiger partial charge in [-0.25, -0.2) is 0 Å². The molecule has 0 saturated heterocycles. The van der Waals surface area contributed by atoms with Gasteiger partial charge in [0.25, 0.3) is 0 Å². The number of carbonyl (C=O) groups excluding carboxylic acids is 2. The van der Waals surface area contributed by atoms with E-state index in [1.165, 1.54) is 11.3 Å². The first-order valence-corrected chi connectivity index (χ1v) is 13.4. The molecule has 2 aromatic carbocycles. The Balaban J connectivity index is 1.24. The van der Waals surface area contributed by atoms with E-state index in [1.54, 1.807) is 25.4 Å². The van der Waals surface area contributed by atoms with E-state index in [-0.39, 0.29) is 12.3 Å². The van der Waals surface area contributed by atoms with Crippen molar-refractivity contribution in [1.82, 2.24) is 15.2 Å². The van der Waals surface area contributed by atoms with Gasteiger partial charge in [0.15, 0.2) is 0 Å². The summed E-state index contributed by atoms with van der Waals surface area (Å²) in [5, 5.41) is 13.0. The van der Waals surface area contributed by atoms with Crippen molar-refractivity contribution in [2.45, 2.75) is 38.0 Å². The second kappa shape index (κ2) is 13.1. The molecule has 2 amide bonds. The summed E-state index contributed by atoms with van der Waals surface area (Å²) in [6.45, 7) is 0. The average Bonchev–Trinajstić information content (AvgIpc) is 3.35. The Bertz CT molecular complexity index is 1390. The highest BCUT2D eigenvalue weighted by atomic mass is 35.5. The molecule has 2 aromatic heterocycles. The highest BCUT2D eigenvalue weighted by Gasteiger charge is 2.23. The smallest absolute Gasteiger partial charge is 0.231 e. The normalized spacial score (nSPS) is 11.6. The van der Waals surface area contributed by atoms with Gasteiger partial charge in [0.2, 0.25) is 16.9 Å². The van der Waals surface area contributed by atoms with Crippen molar-refractivity contribution in [2.75, 3.05) is 12.4 Å². The van der Waals surface area contributed by atoms with Crippen LogP contribution in [0.4, 0.5) is 5.13 Å². The summed E-state index contributed by atoms with van der Waals surface area (Å²) in [7, 11) is 1.58. The van der Waals surface area contributed by atoms with Gasteiger partial charge in [-0.05, 0) is 48.6 Å². The lowest BCUT2D eigenvalue weighted by Crippen LogP contribution is -2.23. The van der Waals surface area contributed by atoms with Crippen molar-refractivity contribution in [1.29, 1.82) is 0 Å². The Morgan fingerprint density at radius 2 is 1.79 bits per heavy atom. The van der Waals surface area contributed by atoms with E-state index < -0.39 is 11.8 Å². The third-order valence-electron chi connectivity index (χ3n) is 6.01. The number of hydrogen-bond donors (Lipinski definition) is 2. The van der Waals surface area contributed by atoms with Crippen LogP contribution in [0.5, 0.6) is 5.75 Å². The summed E-state index contributed by atoms with van der Waals surface area (Å²) in [4.78, 5) is 29.0. The van der Waals surface area contributed by atoms with E-state index in [0.29, 0.717) is 27.2 Å². The summed E-state index contributed by atoms with van der Waals surface area (Å²) in [6, 6.07) is 18.4. The molecule has 0 spiro atoms. The molecule has 1 atom stereocenters. The maximum Gasteiger partial charge on any atom is 0.231 e. The molecular formula is C28H28ClN5O3S. The zero-order valence-corrected chi connectivity index (χ0v) is 22.5. The number of nitrogens with zero attached hydrogens (tertiary/aromatic N) is 3. The predicted octanol–water partition coefficient (Wildman–Crippen LogP) is 4.96. The number of rotatable bonds is 12. The van der Waals surface area contributed by atoms with E-state index in [0.717, 1.165) is 41.8 Å². The fourth-order valence-electron chi connectivity index (χ4n) is 4.12. The first kappa shape index (κ1) is 27.2. The fraction of sp³-hybridized carbons (Fsp3) is 0.250. The summed E-state index contributed by atoms with van der Waals surface area (Å²) in [5.74, 6) is -0.676. The number of ether oxygens (including phenoxy) is 1. The standard InChI is InChI=1S/C28H28ClN5O3S/c1-37-23-12-6-3-9-19(23)16-24(35)32-28-34-33-25(38-28)13-7-2-8-18-14-15-22(31-17-18)26(27(30)36)20-10-4-5-11-21(20)29/h3-6,9-12,14-15,17,26H,2,7-8,13,16H2,1H3,(H2,30,36)(H,32,34,35). The number of halogens is 1. The third kappa shape index (κ3) is 7.14. The molecule has 0 radical (unpaired) electrons. The summed E-state index contributed by atoms with van der Waals surface area (Å²) < 4.78 is 5.30. The Labute approximate surface area is 230 Å². The number of nitrogens with one attached hydrogen (secondary N) is 1. The number of benzene rings is 2. The Hall–Kier alpha value is -3.82. The topological polar surface area (TPSA) is 120 Å². The molecule has 3 N–H and O–H groups in total. The number of para-hydroxylation sites is 1. The largest absolute Gasteiger partial charge is 0.496 e. The van der Waals surface area contributed by atoms with Crippen LogP contribution < -0.4 is 15.8 Å². The highest BCUT2D eigenvalue weighted by Crippen LogP contribution is 2.29. The molecule has 196 valence electrons. The lowest BCUT2D eigenvalue weighted by molar-refractivity contribution is -0.118. The SMILES string of the molecule is COc1ccccc1CC(=O)Nc1nnc(CCCCc2ccc(C(C(N)=O)c3ccccc3Cl)nc2)s1. The molecular weight excluding hydrogens is 522 g/mol. The molecule has 0 fully saturated rings. The van der Waals surface area contributed by atoms with Gasteiger partial charge in [-0.2, -0.15) is 0 Å². The summed E-state index contributed by atoms with van der Waals surface area (Å²) in [6.07, 6.45) is 5.42. The number of amides is 2. The van der Waals surface area contributed by atoms with Gasteiger partial charge in [0, 0.05) is 23.2 Å². The minimum atomic E-state index is -0.695. The number of carbonyl (C=O) groups is 2. The van der Waals surface area contributed by atoms with Crippen molar-refractivity contribution in [3.63, 3.8) is 0 Å². The fourth-order valence-corrected chi connectivity index (χ4v) is 5.16. The van der Waals surface area contributed by atoms with Crippen LogP contribution in [0.15, 0.2) is 66.9 Å². The van der Waals surface area contributed by atoms with E-state index in [4.69, 9.17) is 22.1 Å². The minimum Gasteiger partial charge on any atom is -0.496 e. The zero-order valence-electron chi connectivity index (χ0n) is 20.9. The maximum absolute atomic E-state index is 12.4. The molecule has 4 aromatic rings. The number of methoxy groups -OCH3 is 1. The maximum atomic E-state index is 12.4. The molecule has 38 heavy (non-hydrogen) atoms. The van der Waals surface area contributed by atoms with Crippen molar-refractivity contribution in [3.05, 3.63) is 99.3 Å². The Morgan fingerprint density at radius 1 is 1.03 bits per heavy atom. The number of unbranched alkanes of at least 4 members (excludes halogenated alkanes) is 1. The van der Waals surface area contributed by atoms with Gasteiger partial charge in [-0.3, -0.25) is 14.6 Å². The van der Waals surface area contributed by atoms with Gasteiger partial charge < -0.3 is 15.8 Å². The van der Waals surface area contributed by atoms with Crippen LogP contribution in [0.3, 0.4) is 0 Å². The lowest BCUT2D eigenvalue weighted by Gasteiger charge is -2.15. The van der Waals surface area contributed by atoms with Crippen LogP contribution in [0.2, 0.25) is 5.02 Å². The minimum absolute atomic E-state index is 0.166. The molecule has 0 aliphatic carbocycles. The second-order valence-electron chi connectivity index (χ2n) is 8.69. The first-order valence-electron chi connectivity index (χ1n) is 12.2. The second-order valence-corrected chi connectivity index (χ2v) is 10.2. The van der Waals surface area contributed by atoms with E-state index in [1.807, 2.05) is 48.5 Å². The first-order chi connectivity index (χ1) is 18.4. The average molecular weight is 550 g/mol. The van der Waals surface area contributed by atoms with Crippen molar-refractivity contribution in [2.24, 2.45) is 5.73 Å². The van der Waals surface area contributed by atoms with Gasteiger partial charge in [-0.15, -0.1) is 10.2 Å². The number of anilines is 1. The van der Waals surface area contributed by atoms with Crippen LogP contribution in [0.25, 0.3) is 0 Å². The van der Waals surface area contributed by atoms with Crippen LogP contribution in [0, 0.1) is 0 Å². The molecule has 2 heterocycles.